The Hall–Kier alpha value is -2.90. The molecule has 0 unspecified atom stereocenters. The van der Waals surface area contributed by atoms with Crippen molar-refractivity contribution in [3.8, 4) is 0 Å². The summed E-state index contributed by atoms with van der Waals surface area (Å²) in [6.45, 7) is 3.68. The molecule has 3 aromatic heterocycles. The molecule has 3 rings (SSSR count). The molecule has 0 aliphatic heterocycles. The van der Waals surface area contributed by atoms with Gasteiger partial charge in [-0.05, 0) is 19.9 Å². The standard InChI is InChI=1S/C16H19N5O3/c1-9-7-11(24-19-9)5-6-13(22)17-15-14-12(21(4)18-15)8-10(2)20(3)16(14)23/h7-8H,5-6H2,1-4H3,(H,17,18,22). The molecule has 0 saturated carbocycles. The lowest BCUT2D eigenvalue weighted by Crippen LogP contribution is -2.20. The Kier molecular flexibility index (Phi) is 3.96. The van der Waals surface area contributed by atoms with E-state index in [-0.39, 0.29) is 23.7 Å². The number of aromatic nitrogens is 4. The summed E-state index contributed by atoms with van der Waals surface area (Å²) in [4.78, 5) is 24.7. The zero-order valence-corrected chi connectivity index (χ0v) is 14.1. The fourth-order valence-corrected chi connectivity index (χ4v) is 2.59. The van der Waals surface area contributed by atoms with E-state index < -0.39 is 0 Å². The van der Waals surface area contributed by atoms with Gasteiger partial charge < -0.3 is 14.4 Å². The number of carbonyl (C=O) groups is 1. The number of amides is 1. The second kappa shape index (κ2) is 5.95. The number of aryl methyl sites for hydroxylation is 4. The molecule has 0 aromatic carbocycles. The predicted octanol–water partition coefficient (Wildman–Crippen LogP) is 1.45. The molecule has 24 heavy (non-hydrogen) atoms. The average Bonchev–Trinajstić information content (AvgIpc) is 3.07. The highest BCUT2D eigenvalue weighted by Gasteiger charge is 2.17. The summed E-state index contributed by atoms with van der Waals surface area (Å²) in [7, 11) is 3.44. The second-order valence-corrected chi connectivity index (χ2v) is 5.87. The average molecular weight is 329 g/mol. The third kappa shape index (κ3) is 2.82. The number of hydrogen-bond donors (Lipinski definition) is 1. The Balaban J connectivity index is 1.83. The van der Waals surface area contributed by atoms with Gasteiger partial charge in [-0.2, -0.15) is 5.10 Å². The Morgan fingerprint density at radius 1 is 1.29 bits per heavy atom. The summed E-state index contributed by atoms with van der Waals surface area (Å²) in [5, 5.41) is 11.2. The lowest BCUT2D eigenvalue weighted by atomic mass is 10.2. The van der Waals surface area contributed by atoms with Gasteiger partial charge in [-0.3, -0.25) is 14.3 Å². The molecule has 1 amide bonds. The normalized spacial score (nSPS) is 11.2. The van der Waals surface area contributed by atoms with Crippen LogP contribution in [0, 0.1) is 13.8 Å². The summed E-state index contributed by atoms with van der Waals surface area (Å²) in [6.07, 6.45) is 0.660. The Bertz CT molecular complexity index is 980. The smallest absolute Gasteiger partial charge is 0.263 e. The van der Waals surface area contributed by atoms with Crippen molar-refractivity contribution in [2.75, 3.05) is 5.32 Å². The number of carbonyl (C=O) groups excluding carboxylic acids is 1. The summed E-state index contributed by atoms with van der Waals surface area (Å²) in [5.41, 5.74) is 2.12. The van der Waals surface area contributed by atoms with Gasteiger partial charge in [-0.25, -0.2) is 0 Å². The van der Waals surface area contributed by atoms with Crippen molar-refractivity contribution >= 4 is 22.6 Å². The zero-order chi connectivity index (χ0) is 17.4. The van der Waals surface area contributed by atoms with Crippen LogP contribution in [-0.4, -0.2) is 25.4 Å². The molecule has 0 saturated heterocycles. The summed E-state index contributed by atoms with van der Waals surface area (Å²) < 4.78 is 8.22. The van der Waals surface area contributed by atoms with E-state index in [0.717, 1.165) is 11.4 Å². The maximum absolute atomic E-state index is 12.5. The van der Waals surface area contributed by atoms with E-state index in [4.69, 9.17) is 4.52 Å². The van der Waals surface area contributed by atoms with Crippen molar-refractivity contribution in [1.82, 2.24) is 19.5 Å². The van der Waals surface area contributed by atoms with Gasteiger partial charge in [0.15, 0.2) is 5.82 Å². The van der Waals surface area contributed by atoms with E-state index in [1.165, 1.54) is 4.57 Å². The molecule has 8 heteroatoms. The topological polar surface area (TPSA) is 95.0 Å². The van der Waals surface area contributed by atoms with Gasteiger partial charge in [0.2, 0.25) is 5.91 Å². The second-order valence-electron chi connectivity index (χ2n) is 5.87. The molecular weight excluding hydrogens is 310 g/mol. The van der Waals surface area contributed by atoms with E-state index in [9.17, 15) is 9.59 Å². The number of hydrogen-bond acceptors (Lipinski definition) is 5. The van der Waals surface area contributed by atoms with Crippen LogP contribution in [-0.2, 0) is 25.3 Å². The Labute approximate surface area is 138 Å². The van der Waals surface area contributed by atoms with Crippen LogP contribution in [0.2, 0.25) is 0 Å². The van der Waals surface area contributed by atoms with Crippen LogP contribution in [0.15, 0.2) is 21.5 Å². The van der Waals surface area contributed by atoms with Gasteiger partial charge in [0.1, 0.15) is 11.1 Å². The number of nitrogens with zero attached hydrogens (tertiary/aromatic N) is 4. The Morgan fingerprint density at radius 2 is 2.04 bits per heavy atom. The molecule has 0 radical (unpaired) electrons. The van der Waals surface area contributed by atoms with Crippen molar-refractivity contribution in [1.29, 1.82) is 0 Å². The van der Waals surface area contributed by atoms with Gasteiger partial charge in [0.05, 0.1) is 11.2 Å². The lowest BCUT2D eigenvalue weighted by molar-refractivity contribution is -0.116. The van der Waals surface area contributed by atoms with Crippen molar-refractivity contribution in [3.05, 3.63) is 39.6 Å². The summed E-state index contributed by atoms with van der Waals surface area (Å²) in [5.74, 6) is 0.707. The first-order valence-corrected chi connectivity index (χ1v) is 7.62. The highest BCUT2D eigenvalue weighted by Crippen LogP contribution is 2.20. The molecule has 126 valence electrons. The van der Waals surface area contributed by atoms with E-state index in [2.05, 4.69) is 15.6 Å². The minimum absolute atomic E-state index is 0.181. The molecule has 1 N–H and O–H groups in total. The van der Waals surface area contributed by atoms with Gasteiger partial charge in [0.25, 0.3) is 5.56 Å². The minimum atomic E-state index is -0.230. The first kappa shape index (κ1) is 16.0. The third-order valence-corrected chi connectivity index (χ3v) is 4.02. The first-order chi connectivity index (χ1) is 11.4. The fourth-order valence-electron chi connectivity index (χ4n) is 2.59. The molecule has 0 atom stereocenters. The quantitative estimate of drug-likeness (QED) is 0.781. The van der Waals surface area contributed by atoms with Crippen LogP contribution in [0.3, 0.4) is 0 Å². The van der Waals surface area contributed by atoms with Gasteiger partial charge in [-0.15, -0.1) is 0 Å². The third-order valence-electron chi connectivity index (χ3n) is 4.02. The van der Waals surface area contributed by atoms with Crippen LogP contribution < -0.4 is 10.9 Å². The monoisotopic (exact) mass is 329 g/mol. The molecule has 3 heterocycles. The predicted molar refractivity (Wildman–Crippen MR) is 88.9 cm³/mol. The van der Waals surface area contributed by atoms with E-state index in [1.807, 2.05) is 19.9 Å². The highest BCUT2D eigenvalue weighted by atomic mass is 16.5. The van der Waals surface area contributed by atoms with Crippen molar-refractivity contribution in [3.63, 3.8) is 0 Å². The van der Waals surface area contributed by atoms with E-state index in [0.29, 0.717) is 23.1 Å². The van der Waals surface area contributed by atoms with Crippen LogP contribution in [0.1, 0.15) is 23.6 Å². The highest BCUT2D eigenvalue weighted by molar-refractivity contribution is 5.99. The molecule has 8 nitrogen and oxygen atoms in total. The number of anilines is 1. The summed E-state index contributed by atoms with van der Waals surface area (Å²) >= 11 is 0. The van der Waals surface area contributed by atoms with Crippen LogP contribution in [0.25, 0.3) is 10.9 Å². The first-order valence-electron chi connectivity index (χ1n) is 7.62. The molecule has 0 aliphatic rings. The van der Waals surface area contributed by atoms with Gasteiger partial charge >= 0.3 is 0 Å². The van der Waals surface area contributed by atoms with Crippen molar-refractivity contribution < 1.29 is 9.32 Å². The van der Waals surface area contributed by atoms with Crippen molar-refractivity contribution in [2.24, 2.45) is 14.1 Å². The number of rotatable bonds is 4. The van der Waals surface area contributed by atoms with Crippen LogP contribution in [0.5, 0.6) is 0 Å². The van der Waals surface area contributed by atoms with Gasteiger partial charge in [0, 0.05) is 38.7 Å². The molecular formula is C16H19N5O3. The zero-order valence-electron chi connectivity index (χ0n) is 14.1. The number of nitrogens with one attached hydrogen (secondary N) is 1. The lowest BCUT2D eigenvalue weighted by Gasteiger charge is -2.05. The maximum Gasteiger partial charge on any atom is 0.263 e. The van der Waals surface area contributed by atoms with Crippen LogP contribution in [0.4, 0.5) is 5.82 Å². The SMILES string of the molecule is Cc1cc(CCC(=O)Nc2nn(C)c3cc(C)n(C)c(=O)c23)on1. The number of pyridine rings is 1. The molecule has 0 fully saturated rings. The van der Waals surface area contributed by atoms with E-state index >= 15 is 0 Å². The molecule has 0 bridgehead atoms. The largest absolute Gasteiger partial charge is 0.361 e. The van der Waals surface area contributed by atoms with E-state index in [1.54, 1.807) is 24.8 Å². The molecule has 3 aromatic rings. The summed E-state index contributed by atoms with van der Waals surface area (Å²) in [6, 6.07) is 3.67. The van der Waals surface area contributed by atoms with Gasteiger partial charge in [-0.1, -0.05) is 5.16 Å². The van der Waals surface area contributed by atoms with Crippen molar-refractivity contribution in [2.45, 2.75) is 26.7 Å². The molecule has 0 spiro atoms. The molecule has 0 aliphatic carbocycles. The van der Waals surface area contributed by atoms with Crippen LogP contribution >= 0.6 is 0 Å². The number of fused-ring (bicyclic) bond motifs is 1. The minimum Gasteiger partial charge on any atom is -0.361 e. The Morgan fingerprint density at radius 3 is 2.71 bits per heavy atom. The fraction of sp³-hybridized carbons (Fsp3) is 0.375. The maximum atomic E-state index is 12.5.